The predicted octanol–water partition coefficient (Wildman–Crippen LogP) is -1.64. The van der Waals surface area contributed by atoms with Gasteiger partial charge in [0.25, 0.3) is 0 Å². The van der Waals surface area contributed by atoms with Crippen LogP contribution in [-0.2, 0) is 0 Å². The minimum Gasteiger partial charge on any atom is -0.394 e. The number of nitrogens with zero attached hydrogens (tertiary/aromatic N) is 1. The number of aromatic nitrogens is 2. The summed E-state index contributed by atoms with van der Waals surface area (Å²) in [5.74, 6) is -2.12. The maximum absolute atomic E-state index is 11.7. The second kappa shape index (κ2) is 5.17. The molecule has 16 heavy (non-hydrogen) atoms. The second-order valence-electron chi connectivity index (χ2n) is 3.04. The van der Waals surface area contributed by atoms with Crippen molar-refractivity contribution < 1.29 is 30.8 Å². The molecule has 0 aromatic carbocycles. The summed E-state index contributed by atoms with van der Waals surface area (Å²) < 4.78 is 56.3. The lowest BCUT2D eigenvalue weighted by Gasteiger charge is -2.19. The minimum atomic E-state index is -3.02. The first kappa shape index (κ1) is 5.37. The smallest absolute Gasteiger partial charge is 0.211 e. The van der Waals surface area contributed by atoms with Crippen LogP contribution in [0, 0.1) is 0 Å². The summed E-state index contributed by atoms with van der Waals surface area (Å²) in [4.78, 5) is 15.8. The number of carbonyl (C=O) groups is 1. The Kier molecular flexibility index (Phi) is 1.73. The van der Waals surface area contributed by atoms with Gasteiger partial charge in [0.15, 0.2) is 13.0 Å². The van der Waals surface area contributed by atoms with Crippen LogP contribution < -0.4 is 0 Å². The fraction of sp³-hybridized carbons (Fsp3) is 0.556. The number of ketones is 1. The SMILES string of the molecule is [2H]OC[C@@H](O[2H])[C@@H](O[2H])[C@H](O[2H])c1cn([2H])c(C(=O)C([2H])([2H])[2H])n1. The number of hydrogen-bond acceptors (Lipinski definition) is 6. The molecular formula is C9H14N2O5. The molecule has 0 fully saturated rings. The van der Waals surface area contributed by atoms with E-state index in [1.165, 1.54) is 0 Å². The van der Waals surface area contributed by atoms with E-state index in [4.69, 9.17) is 11.2 Å². The van der Waals surface area contributed by atoms with Gasteiger partial charge in [0.2, 0.25) is 5.72 Å². The molecule has 0 amide bonds. The number of H-pyrrole nitrogens is 1. The minimum absolute atomic E-state index is 0.267. The van der Waals surface area contributed by atoms with Gasteiger partial charge in [-0.2, -0.15) is 0 Å². The van der Waals surface area contributed by atoms with Crippen LogP contribution >= 0.6 is 0 Å². The molecule has 0 aliphatic rings. The molecular weight excluding hydrogens is 216 g/mol. The monoisotopic (exact) mass is 238 g/mol. The highest BCUT2D eigenvalue weighted by molar-refractivity contribution is 5.90. The standard InChI is InChI=1S/C9H14N2O5/c1-4(13)9-10-2-5(11-9)7(15)8(16)6(14)3-12/h2,6-8,12,14-16H,3H2,1H3,(H,10,11)/t6-,7-,8-/m1/s1/i1D3,12D,14D,15D,16D/hD. The number of nitrogens with one attached hydrogen (secondary N) is 1. The number of imidazole rings is 1. The lowest BCUT2D eigenvalue weighted by molar-refractivity contribution is -0.0788. The zero-order chi connectivity index (χ0) is 18.5. The van der Waals surface area contributed by atoms with Crippen molar-refractivity contribution >= 4 is 5.78 Å². The van der Waals surface area contributed by atoms with E-state index in [-0.39, 0.29) is 5.69 Å². The van der Waals surface area contributed by atoms with Gasteiger partial charge in [-0.05, 0) is 0 Å². The largest absolute Gasteiger partial charge is 0.394 e. The zero-order valence-corrected chi connectivity index (χ0v) is 7.95. The predicted molar refractivity (Wildman–Crippen MR) is 52.7 cm³/mol. The molecule has 7 nitrogen and oxygen atoms in total. The van der Waals surface area contributed by atoms with Crippen LogP contribution in [0.1, 0.15) is 33.4 Å². The van der Waals surface area contributed by atoms with Gasteiger partial charge in [-0.15, -0.1) is 0 Å². The summed E-state index contributed by atoms with van der Waals surface area (Å²) in [6, 6.07) is 0. The number of aliphatic hydroxyl groups excluding tert-OH is 4. The van der Waals surface area contributed by atoms with Gasteiger partial charge >= 0.3 is 0 Å². The Hall–Kier alpha value is -1.28. The Morgan fingerprint density at radius 3 is 3.31 bits per heavy atom. The molecule has 0 spiro atoms. The summed E-state index contributed by atoms with van der Waals surface area (Å²) in [5.41, 5.74) is -0.267. The van der Waals surface area contributed by atoms with Crippen LogP contribution in [0.15, 0.2) is 6.20 Å². The van der Waals surface area contributed by atoms with Crippen molar-refractivity contribution in [1.82, 2.24) is 9.96 Å². The normalized spacial score (nSPS) is 24.5. The van der Waals surface area contributed by atoms with Crippen LogP contribution in [-0.4, -0.2) is 60.7 Å². The van der Waals surface area contributed by atoms with Crippen molar-refractivity contribution in [2.24, 2.45) is 0 Å². The van der Waals surface area contributed by atoms with Crippen LogP contribution in [0.3, 0.4) is 0 Å². The molecule has 0 saturated carbocycles. The number of carbonyl (C=O) groups excluding carboxylic acids is 1. The van der Waals surface area contributed by atoms with E-state index in [1.54, 1.807) is 0 Å². The molecule has 7 heteroatoms. The lowest BCUT2D eigenvalue weighted by atomic mass is 10.1. The highest BCUT2D eigenvalue weighted by Gasteiger charge is 2.27. The first-order chi connectivity index (χ1) is 11.2. The van der Waals surface area contributed by atoms with Crippen molar-refractivity contribution in [3.05, 3.63) is 17.7 Å². The molecule has 5 N–H and O–H groups in total. The molecule has 0 saturated heterocycles. The van der Waals surface area contributed by atoms with Gasteiger partial charge in [-0.3, -0.25) is 4.79 Å². The Balaban J connectivity index is 3.18. The summed E-state index contributed by atoms with van der Waals surface area (Å²) in [5, 5.41) is 17.0. The molecule has 1 aromatic rings. The van der Waals surface area contributed by atoms with Gasteiger partial charge in [-0.1, -0.05) is 0 Å². The zero-order valence-electron chi connectivity index (χ0n) is 16.0. The first-order valence-electron chi connectivity index (χ1n) is 7.86. The molecule has 1 heterocycles. The van der Waals surface area contributed by atoms with Gasteiger partial charge in [0.1, 0.15) is 18.3 Å². The average Bonchev–Trinajstić information content (AvgIpc) is 2.90. The van der Waals surface area contributed by atoms with E-state index in [2.05, 4.69) is 25.4 Å². The van der Waals surface area contributed by atoms with E-state index < -0.39 is 43.4 Å². The second-order valence-corrected chi connectivity index (χ2v) is 3.04. The van der Waals surface area contributed by atoms with E-state index in [9.17, 15) is 4.79 Å². The van der Waals surface area contributed by atoms with Crippen molar-refractivity contribution in [2.75, 3.05) is 6.61 Å². The van der Waals surface area contributed by atoms with Gasteiger partial charge in [0, 0.05) is 17.2 Å². The molecule has 0 bridgehead atoms. The van der Waals surface area contributed by atoms with Gasteiger partial charge in [-0.25, -0.2) is 4.98 Å². The Labute approximate surface area is 103 Å². The number of hydrogen-bond donors (Lipinski definition) is 5. The Morgan fingerprint density at radius 1 is 1.75 bits per heavy atom. The fourth-order valence-electron chi connectivity index (χ4n) is 1.01. The topological polar surface area (TPSA) is 127 Å². The Bertz CT molecular complexity index is 553. The third-order valence-corrected chi connectivity index (χ3v) is 1.88. The number of rotatable bonds is 9. The molecule has 3 atom stereocenters. The number of aliphatic hydroxyl groups is 4. The summed E-state index contributed by atoms with van der Waals surface area (Å²) >= 11 is 0. The molecule has 1 rings (SSSR count). The van der Waals surface area contributed by atoms with E-state index in [0.29, 0.717) is 4.98 Å². The quantitative estimate of drug-likeness (QED) is 0.328. The summed E-state index contributed by atoms with van der Waals surface area (Å²) in [7, 11) is 0. The fourth-order valence-corrected chi connectivity index (χ4v) is 1.01. The number of Topliss-reactive ketones (excluding diaryl/α,β-unsaturated/α-hetero) is 1. The maximum Gasteiger partial charge on any atom is 0.211 e. The highest BCUT2D eigenvalue weighted by Crippen LogP contribution is 2.17. The van der Waals surface area contributed by atoms with Crippen LogP contribution in [0.5, 0.6) is 0 Å². The van der Waals surface area contributed by atoms with Gasteiger partial charge < -0.3 is 25.4 Å². The van der Waals surface area contributed by atoms with Crippen molar-refractivity contribution in [1.29, 1.82) is 5.72 Å². The molecule has 1 aromatic heterocycles. The average molecular weight is 238 g/mol. The maximum atomic E-state index is 11.7. The molecule has 0 aliphatic heterocycles. The molecule has 0 aliphatic carbocycles. The van der Waals surface area contributed by atoms with E-state index in [0.717, 1.165) is 6.20 Å². The van der Waals surface area contributed by atoms with E-state index in [1.807, 2.05) is 0 Å². The third-order valence-electron chi connectivity index (χ3n) is 1.88. The summed E-state index contributed by atoms with van der Waals surface area (Å²) in [6.07, 6.45) is -3.42. The van der Waals surface area contributed by atoms with E-state index >= 15 is 0 Å². The van der Waals surface area contributed by atoms with Crippen molar-refractivity contribution in [3.63, 3.8) is 0 Å². The third kappa shape index (κ3) is 2.64. The van der Waals surface area contributed by atoms with Crippen LogP contribution in [0.2, 0.25) is 1.41 Å². The lowest BCUT2D eigenvalue weighted by Crippen LogP contribution is -2.34. The number of aromatic amines is 1. The van der Waals surface area contributed by atoms with Crippen LogP contribution in [0.25, 0.3) is 0 Å². The molecule has 0 radical (unpaired) electrons. The van der Waals surface area contributed by atoms with Crippen LogP contribution in [0.4, 0.5) is 0 Å². The first-order valence-corrected chi connectivity index (χ1v) is 4.28. The highest BCUT2D eigenvalue weighted by atomic mass is 16.4. The Morgan fingerprint density at radius 2 is 2.69 bits per heavy atom. The van der Waals surface area contributed by atoms with Gasteiger partial charge in [0.05, 0.1) is 12.3 Å². The summed E-state index contributed by atoms with van der Waals surface area (Å²) in [6.45, 7) is -3.52. The molecule has 90 valence electrons. The van der Waals surface area contributed by atoms with Crippen molar-refractivity contribution in [2.45, 2.75) is 25.2 Å². The van der Waals surface area contributed by atoms with Crippen molar-refractivity contribution in [3.8, 4) is 0 Å². The molecule has 0 unspecified atom stereocenters.